The van der Waals surface area contributed by atoms with Crippen LogP contribution in [0.3, 0.4) is 0 Å². The number of pyridine rings is 1. The maximum Gasteiger partial charge on any atom is 0.404 e. The summed E-state index contributed by atoms with van der Waals surface area (Å²) in [5.74, 6) is 0.329. The standard InChI is InChI=1S/C18H19BrN4O3/c19-11-3-6-14-13(7-11)16-15(9-20-14)22-17(24)23(16)12-4-1-10(2-5-12)8-21-18(25)26/h3,6-7,9-10,12,21H,1-2,4-5,8H2,(H,22,24)(H,25,26)/t10-,12-. The number of halogens is 1. The van der Waals surface area contributed by atoms with Gasteiger partial charge in [0.15, 0.2) is 0 Å². The molecule has 0 unspecified atom stereocenters. The number of benzene rings is 1. The number of aromatic nitrogens is 3. The number of imidazole rings is 1. The van der Waals surface area contributed by atoms with Crippen LogP contribution < -0.4 is 11.0 Å². The average Bonchev–Trinajstić information content (AvgIpc) is 2.96. The zero-order valence-electron chi connectivity index (χ0n) is 14.0. The maximum atomic E-state index is 12.6. The van der Waals surface area contributed by atoms with Gasteiger partial charge in [-0.25, -0.2) is 9.59 Å². The first kappa shape index (κ1) is 17.1. The van der Waals surface area contributed by atoms with E-state index in [9.17, 15) is 9.59 Å². The second kappa shape index (κ2) is 6.75. The van der Waals surface area contributed by atoms with Crippen molar-refractivity contribution in [3.05, 3.63) is 39.4 Å². The number of carbonyl (C=O) groups is 1. The number of carboxylic acid groups (broad SMARTS) is 1. The molecule has 136 valence electrons. The largest absolute Gasteiger partial charge is 0.465 e. The Balaban J connectivity index is 1.69. The molecule has 2 heterocycles. The molecule has 3 N–H and O–H groups in total. The van der Waals surface area contributed by atoms with Crippen LogP contribution in [0.5, 0.6) is 0 Å². The van der Waals surface area contributed by atoms with Crippen LogP contribution in [-0.4, -0.2) is 32.3 Å². The van der Waals surface area contributed by atoms with Crippen LogP contribution >= 0.6 is 15.9 Å². The van der Waals surface area contributed by atoms with Crippen molar-refractivity contribution in [2.24, 2.45) is 5.92 Å². The Labute approximate surface area is 157 Å². The molecule has 26 heavy (non-hydrogen) atoms. The van der Waals surface area contributed by atoms with Gasteiger partial charge in [-0.2, -0.15) is 0 Å². The lowest BCUT2D eigenvalue weighted by molar-refractivity contribution is 0.188. The van der Waals surface area contributed by atoms with E-state index in [1.165, 1.54) is 0 Å². The van der Waals surface area contributed by atoms with Gasteiger partial charge >= 0.3 is 11.8 Å². The highest BCUT2D eigenvalue weighted by Crippen LogP contribution is 2.34. The highest BCUT2D eigenvalue weighted by Gasteiger charge is 2.26. The van der Waals surface area contributed by atoms with E-state index in [1.807, 2.05) is 22.8 Å². The van der Waals surface area contributed by atoms with Crippen LogP contribution in [0, 0.1) is 5.92 Å². The molecule has 3 aromatic rings. The van der Waals surface area contributed by atoms with Gasteiger partial charge in [0.05, 0.1) is 22.7 Å². The predicted octanol–water partition coefficient (Wildman–Crippen LogP) is 3.64. The van der Waals surface area contributed by atoms with E-state index in [0.717, 1.165) is 52.1 Å². The van der Waals surface area contributed by atoms with Crippen molar-refractivity contribution in [1.29, 1.82) is 0 Å². The first-order valence-corrected chi connectivity index (χ1v) is 9.47. The zero-order valence-corrected chi connectivity index (χ0v) is 15.6. The molecular formula is C18H19BrN4O3. The van der Waals surface area contributed by atoms with Crippen molar-refractivity contribution in [2.45, 2.75) is 31.7 Å². The lowest BCUT2D eigenvalue weighted by atomic mass is 9.86. The monoisotopic (exact) mass is 418 g/mol. The third-order valence-electron chi connectivity index (χ3n) is 5.23. The summed E-state index contributed by atoms with van der Waals surface area (Å²) < 4.78 is 2.81. The quantitative estimate of drug-likeness (QED) is 0.604. The van der Waals surface area contributed by atoms with Gasteiger partial charge in [-0.1, -0.05) is 15.9 Å². The minimum Gasteiger partial charge on any atom is -0.465 e. The summed E-state index contributed by atoms with van der Waals surface area (Å²) in [6.07, 6.45) is 4.25. The fraction of sp³-hybridized carbons (Fsp3) is 0.389. The Morgan fingerprint density at radius 2 is 2.12 bits per heavy atom. The molecule has 1 saturated carbocycles. The Morgan fingerprint density at radius 1 is 1.35 bits per heavy atom. The molecule has 1 amide bonds. The Hall–Kier alpha value is -2.35. The third kappa shape index (κ3) is 3.09. The number of nitrogens with zero attached hydrogens (tertiary/aromatic N) is 2. The zero-order chi connectivity index (χ0) is 18.3. The minimum absolute atomic E-state index is 0.110. The summed E-state index contributed by atoms with van der Waals surface area (Å²) in [5, 5.41) is 12.2. The summed E-state index contributed by atoms with van der Waals surface area (Å²) in [6, 6.07) is 5.99. The third-order valence-corrected chi connectivity index (χ3v) is 5.72. The molecule has 0 aliphatic heterocycles. The molecule has 7 nitrogen and oxygen atoms in total. The summed E-state index contributed by atoms with van der Waals surface area (Å²) in [7, 11) is 0. The highest BCUT2D eigenvalue weighted by molar-refractivity contribution is 9.10. The van der Waals surface area contributed by atoms with Gasteiger partial charge < -0.3 is 15.4 Å². The number of hydrogen-bond donors (Lipinski definition) is 3. The lowest BCUT2D eigenvalue weighted by Crippen LogP contribution is -2.32. The van der Waals surface area contributed by atoms with Crippen LogP contribution in [0.25, 0.3) is 21.9 Å². The number of fused-ring (bicyclic) bond motifs is 3. The second-order valence-corrected chi connectivity index (χ2v) is 7.76. The van der Waals surface area contributed by atoms with E-state index in [0.29, 0.717) is 12.5 Å². The topological polar surface area (TPSA) is 100 Å². The fourth-order valence-electron chi connectivity index (χ4n) is 3.97. The maximum absolute atomic E-state index is 12.6. The summed E-state index contributed by atoms with van der Waals surface area (Å²) in [6.45, 7) is 0.477. The van der Waals surface area contributed by atoms with Crippen LogP contribution in [0.15, 0.2) is 33.7 Å². The van der Waals surface area contributed by atoms with Crippen LogP contribution in [0.1, 0.15) is 31.7 Å². The van der Waals surface area contributed by atoms with Crippen LogP contribution in [0.4, 0.5) is 4.79 Å². The Morgan fingerprint density at radius 3 is 2.85 bits per heavy atom. The first-order valence-electron chi connectivity index (χ1n) is 8.68. The van der Waals surface area contributed by atoms with Crippen LogP contribution in [0.2, 0.25) is 0 Å². The lowest BCUT2D eigenvalue weighted by Gasteiger charge is -2.29. The Bertz CT molecular complexity index is 1030. The average molecular weight is 419 g/mol. The summed E-state index contributed by atoms with van der Waals surface area (Å²) in [5.41, 5.74) is 2.39. The van der Waals surface area contributed by atoms with Crippen molar-refractivity contribution >= 4 is 44.0 Å². The molecule has 0 saturated heterocycles. The molecule has 1 aliphatic rings. The highest BCUT2D eigenvalue weighted by atomic mass is 79.9. The molecule has 0 radical (unpaired) electrons. The number of rotatable bonds is 3. The number of aromatic amines is 1. The molecule has 0 atom stereocenters. The van der Waals surface area contributed by atoms with Gasteiger partial charge in [0, 0.05) is 22.4 Å². The van der Waals surface area contributed by atoms with E-state index in [4.69, 9.17) is 5.11 Å². The molecule has 2 aromatic heterocycles. The normalized spacial score (nSPS) is 20.5. The molecule has 1 fully saturated rings. The second-order valence-electron chi connectivity index (χ2n) is 6.84. The molecular weight excluding hydrogens is 400 g/mol. The van der Waals surface area contributed by atoms with Gasteiger partial charge in [-0.15, -0.1) is 0 Å². The number of H-pyrrole nitrogens is 1. The molecule has 1 aromatic carbocycles. The SMILES string of the molecule is O=C(O)NC[C@H]1CC[C@H](n2c(=O)[nH]c3cnc4ccc(Br)cc4c32)CC1. The van der Waals surface area contributed by atoms with Gasteiger partial charge in [0.25, 0.3) is 0 Å². The van der Waals surface area contributed by atoms with Crippen molar-refractivity contribution in [3.63, 3.8) is 0 Å². The van der Waals surface area contributed by atoms with E-state index >= 15 is 0 Å². The van der Waals surface area contributed by atoms with E-state index in [1.54, 1.807) is 6.20 Å². The number of nitrogens with one attached hydrogen (secondary N) is 2. The minimum atomic E-state index is -0.982. The van der Waals surface area contributed by atoms with Gasteiger partial charge in [-0.05, 0) is 49.8 Å². The van der Waals surface area contributed by atoms with E-state index in [-0.39, 0.29) is 11.7 Å². The molecule has 8 heteroatoms. The summed E-state index contributed by atoms with van der Waals surface area (Å²) >= 11 is 3.50. The smallest absolute Gasteiger partial charge is 0.404 e. The molecule has 0 bridgehead atoms. The van der Waals surface area contributed by atoms with E-state index < -0.39 is 6.09 Å². The van der Waals surface area contributed by atoms with Crippen molar-refractivity contribution in [2.75, 3.05) is 6.54 Å². The molecule has 1 aliphatic carbocycles. The molecule has 0 spiro atoms. The summed E-state index contributed by atoms with van der Waals surface area (Å²) in [4.78, 5) is 30.7. The van der Waals surface area contributed by atoms with Gasteiger partial charge in [-0.3, -0.25) is 9.55 Å². The van der Waals surface area contributed by atoms with Crippen molar-refractivity contribution in [3.8, 4) is 0 Å². The Kier molecular flexibility index (Phi) is 4.44. The van der Waals surface area contributed by atoms with Gasteiger partial charge in [0.1, 0.15) is 0 Å². The number of amides is 1. The fourth-order valence-corrected chi connectivity index (χ4v) is 4.33. The first-order chi connectivity index (χ1) is 12.5. The number of hydrogen-bond acceptors (Lipinski definition) is 3. The van der Waals surface area contributed by atoms with Gasteiger partial charge in [0.2, 0.25) is 0 Å². The molecule has 4 rings (SSSR count). The van der Waals surface area contributed by atoms with Crippen LogP contribution in [-0.2, 0) is 0 Å². The van der Waals surface area contributed by atoms with E-state index in [2.05, 4.69) is 31.2 Å². The predicted molar refractivity (Wildman–Crippen MR) is 103 cm³/mol. The van der Waals surface area contributed by atoms with Crippen molar-refractivity contribution < 1.29 is 9.90 Å². The van der Waals surface area contributed by atoms with Crippen molar-refractivity contribution in [1.82, 2.24) is 19.9 Å².